The molecule has 0 bridgehead atoms. The van der Waals surface area contributed by atoms with E-state index < -0.39 is 0 Å². The van der Waals surface area contributed by atoms with Crippen LogP contribution in [-0.4, -0.2) is 55.9 Å². The Hall–Kier alpha value is -3.72. The second kappa shape index (κ2) is 8.67. The second-order valence-corrected chi connectivity index (χ2v) is 8.32. The molecule has 1 aromatic carbocycles. The maximum atomic E-state index is 9.82. The molecule has 170 valence electrons. The molecule has 1 fully saturated rings. The number of rotatable bonds is 6. The first-order valence-electron chi connectivity index (χ1n) is 11.0. The van der Waals surface area contributed by atoms with Gasteiger partial charge in [-0.05, 0) is 49.9 Å². The van der Waals surface area contributed by atoms with Crippen molar-refractivity contribution in [3.05, 3.63) is 54.2 Å². The van der Waals surface area contributed by atoms with E-state index in [0.717, 1.165) is 58.7 Å². The average Bonchev–Trinajstić information content (AvgIpc) is 3.50. The summed E-state index contributed by atoms with van der Waals surface area (Å²) >= 11 is 0. The minimum absolute atomic E-state index is 0.0584. The summed E-state index contributed by atoms with van der Waals surface area (Å²) in [4.78, 5) is 20.3. The Morgan fingerprint density at radius 2 is 2.12 bits per heavy atom. The molecule has 3 aromatic heterocycles. The summed E-state index contributed by atoms with van der Waals surface area (Å²) in [6.45, 7) is 5.06. The van der Waals surface area contributed by atoms with Crippen molar-refractivity contribution in [2.24, 2.45) is 0 Å². The number of pyridine rings is 1. The number of nitrogens with one attached hydrogen (secondary N) is 1. The van der Waals surface area contributed by atoms with E-state index in [2.05, 4.69) is 38.2 Å². The van der Waals surface area contributed by atoms with Crippen molar-refractivity contribution < 1.29 is 9.84 Å². The summed E-state index contributed by atoms with van der Waals surface area (Å²) < 4.78 is 7.45. The molecule has 0 unspecified atom stereocenters. The van der Waals surface area contributed by atoms with Gasteiger partial charge in [0.15, 0.2) is 5.82 Å². The lowest BCUT2D eigenvalue weighted by Crippen LogP contribution is -2.33. The Morgan fingerprint density at radius 3 is 2.94 bits per heavy atom. The zero-order valence-electron chi connectivity index (χ0n) is 19.0. The predicted molar refractivity (Wildman–Crippen MR) is 128 cm³/mol. The van der Waals surface area contributed by atoms with Gasteiger partial charge in [0.05, 0.1) is 43.4 Å². The third kappa shape index (κ3) is 3.95. The summed E-state index contributed by atoms with van der Waals surface area (Å²) in [6.07, 6.45) is 9.08. The number of aromatic nitrogens is 5. The highest BCUT2D eigenvalue weighted by Gasteiger charge is 2.27. The van der Waals surface area contributed by atoms with Gasteiger partial charge >= 0.3 is 0 Å². The topological polar surface area (TPSA) is 101 Å². The van der Waals surface area contributed by atoms with E-state index in [-0.39, 0.29) is 12.6 Å². The fourth-order valence-electron chi connectivity index (χ4n) is 4.36. The first kappa shape index (κ1) is 21.1. The Balaban J connectivity index is 1.48. The number of fused-ring (bicyclic) bond motifs is 1. The van der Waals surface area contributed by atoms with Crippen LogP contribution in [0.5, 0.6) is 5.75 Å². The lowest BCUT2D eigenvalue weighted by atomic mass is 10.1. The summed E-state index contributed by atoms with van der Waals surface area (Å²) in [6, 6.07) is 6.07. The molecule has 0 spiro atoms. The van der Waals surface area contributed by atoms with Gasteiger partial charge in [0, 0.05) is 24.2 Å². The first-order chi connectivity index (χ1) is 16.1. The number of imidazole rings is 1. The molecule has 5 rings (SSSR count). The highest BCUT2D eigenvalue weighted by molar-refractivity contribution is 5.90. The van der Waals surface area contributed by atoms with Crippen LogP contribution in [-0.2, 0) is 0 Å². The van der Waals surface area contributed by atoms with Crippen molar-refractivity contribution in [1.82, 2.24) is 24.5 Å². The molecule has 1 atom stereocenters. The lowest BCUT2D eigenvalue weighted by Gasteiger charge is -2.25. The van der Waals surface area contributed by atoms with Crippen molar-refractivity contribution in [1.29, 1.82) is 0 Å². The molecule has 4 aromatic rings. The highest BCUT2D eigenvalue weighted by atomic mass is 16.5. The molecular formula is C24H27N7O2. The SMILES string of the molecule is COc1cc(-n2cnc(Nc3nc(N4CCC[C@H]4CO)c4ccncc4n3)c2)cc(C)c1C. The number of methoxy groups -OCH3 is 1. The third-order valence-corrected chi connectivity index (χ3v) is 6.28. The summed E-state index contributed by atoms with van der Waals surface area (Å²) in [5.74, 6) is 2.71. The van der Waals surface area contributed by atoms with Gasteiger partial charge in [-0.2, -0.15) is 4.98 Å². The zero-order chi connectivity index (χ0) is 22.9. The van der Waals surface area contributed by atoms with Crippen LogP contribution in [0, 0.1) is 13.8 Å². The maximum absolute atomic E-state index is 9.82. The Labute approximate surface area is 192 Å². The van der Waals surface area contributed by atoms with Crippen LogP contribution in [0.4, 0.5) is 17.6 Å². The van der Waals surface area contributed by atoms with Crippen LogP contribution in [0.2, 0.25) is 0 Å². The Morgan fingerprint density at radius 1 is 1.24 bits per heavy atom. The Kier molecular flexibility index (Phi) is 5.55. The van der Waals surface area contributed by atoms with Crippen LogP contribution in [0.25, 0.3) is 16.6 Å². The number of aliphatic hydroxyl groups excluding tert-OH is 1. The summed E-state index contributed by atoms with van der Waals surface area (Å²) in [5, 5.41) is 14.0. The zero-order valence-corrected chi connectivity index (χ0v) is 19.0. The van der Waals surface area contributed by atoms with Crippen LogP contribution >= 0.6 is 0 Å². The molecule has 0 saturated carbocycles. The molecule has 4 heterocycles. The minimum atomic E-state index is 0.0584. The largest absolute Gasteiger partial charge is 0.496 e. The van der Waals surface area contributed by atoms with Crippen molar-refractivity contribution in [3.8, 4) is 11.4 Å². The molecule has 33 heavy (non-hydrogen) atoms. The number of ether oxygens (including phenoxy) is 1. The molecule has 9 nitrogen and oxygen atoms in total. The van der Waals surface area contributed by atoms with Crippen molar-refractivity contribution in [2.45, 2.75) is 32.7 Å². The van der Waals surface area contributed by atoms with E-state index >= 15 is 0 Å². The standard InChI is InChI=1S/C24H27N7O2/c1-15-9-18(10-21(33-3)16(15)2)30-12-22(26-14-30)28-24-27-20-11-25-7-6-19(20)23(29-24)31-8-4-5-17(31)13-32/h6-7,9-12,14,17,32H,4-5,8,13H2,1-3H3,(H,27,28,29)/t17-/m0/s1. The fourth-order valence-corrected chi connectivity index (χ4v) is 4.36. The van der Waals surface area contributed by atoms with Gasteiger partial charge < -0.3 is 24.6 Å². The molecule has 1 saturated heterocycles. The van der Waals surface area contributed by atoms with Crippen LogP contribution in [0.3, 0.4) is 0 Å². The summed E-state index contributed by atoms with van der Waals surface area (Å²) in [7, 11) is 1.68. The minimum Gasteiger partial charge on any atom is -0.496 e. The number of aliphatic hydroxyl groups is 1. The number of aryl methyl sites for hydroxylation is 1. The Bertz CT molecular complexity index is 1300. The van der Waals surface area contributed by atoms with Crippen molar-refractivity contribution >= 4 is 28.5 Å². The van der Waals surface area contributed by atoms with E-state index in [4.69, 9.17) is 9.72 Å². The maximum Gasteiger partial charge on any atom is 0.231 e. The van der Waals surface area contributed by atoms with Crippen LogP contribution in [0.1, 0.15) is 24.0 Å². The van der Waals surface area contributed by atoms with E-state index in [0.29, 0.717) is 11.8 Å². The van der Waals surface area contributed by atoms with Crippen molar-refractivity contribution in [2.75, 3.05) is 30.5 Å². The van der Waals surface area contributed by atoms with Gasteiger partial charge in [-0.25, -0.2) is 9.97 Å². The number of anilines is 3. The number of hydrogen-bond acceptors (Lipinski definition) is 8. The molecule has 9 heteroatoms. The molecular weight excluding hydrogens is 418 g/mol. The van der Waals surface area contributed by atoms with Gasteiger partial charge in [-0.15, -0.1) is 0 Å². The molecule has 1 aliphatic rings. The van der Waals surface area contributed by atoms with Gasteiger partial charge in [0.1, 0.15) is 17.9 Å². The predicted octanol–water partition coefficient (Wildman–Crippen LogP) is 3.54. The molecule has 1 aliphatic heterocycles. The molecule has 0 radical (unpaired) electrons. The van der Waals surface area contributed by atoms with Crippen molar-refractivity contribution in [3.63, 3.8) is 0 Å². The number of benzene rings is 1. The lowest BCUT2D eigenvalue weighted by molar-refractivity contribution is 0.266. The van der Waals surface area contributed by atoms with Crippen LogP contribution in [0.15, 0.2) is 43.1 Å². The van der Waals surface area contributed by atoms with Gasteiger partial charge in [0.25, 0.3) is 0 Å². The molecule has 0 aliphatic carbocycles. The second-order valence-electron chi connectivity index (χ2n) is 8.32. The summed E-state index contributed by atoms with van der Waals surface area (Å²) in [5.41, 5.74) is 3.97. The van der Waals surface area contributed by atoms with Gasteiger partial charge in [0.2, 0.25) is 5.95 Å². The fraction of sp³-hybridized carbons (Fsp3) is 0.333. The van der Waals surface area contributed by atoms with Gasteiger partial charge in [-0.1, -0.05) is 0 Å². The van der Waals surface area contributed by atoms with E-state index in [9.17, 15) is 5.11 Å². The average molecular weight is 446 g/mol. The highest BCUT2D eigenvalue weighted by Crippen LogP contribution is 2.31. The number of hydrogen-bond donors (Lipinski definition) is 2. The van der Waals surface area contributed by atoms with E-state index in [1.54, 1.807) is 25.8 Å². The molecule has 0 amide bonds. The van der Waals surface area contributed by atoms with E-state index in [1.807, 2.05) is 29.8 Å². The van der Waals surface area contributed by atoms with Crippen LogP contribution < -0.4 is 15.0 Å². The molecule has 2 N–H and O–H groups in total. The quantitative estimate of drug-likeness (QED) is 0.465. The third-order valence-electron chi connectivity index (χ3n) is 6.28. The number of nitrogens with zero attached hydrogens (tertiary/aromatic N) is 6. The van der Waals surface area contributed by atoms with Gasteiger partial charge in [-0.3, -0.25) is 4.98 Å². The monoisotopic (exact) mass is 445 g/mol. The van der Waals surface area contributed by atoms with E-state index in [1.165, 1.54) is 0 Å². The normalized spacial score (nSPS) is 15.9. The first-order valence-corrected chi connectivity index (χ1v) is 11.0. The smallest absolute Gasteiger partial charge is 0.231 e.